The van der Waals surface area contributed by atoms with Gasteiger partial charge in [-0.25, -0.2) is 0 Å². The Balaban J connectivity index is 1.11. The number of nitrogens with zero attached hydrogens (tertiary/aromatic N) is 2. The molecule has 0 saturated carbocycles. The SMILES string of the molecule is c1ccc(-c2ccc(-c3ccc(-n4c5cc6ccccc6cc5c5c(N(c6ccccc6)c6c7ccccc7cc7c6oc6ccccc67)cccc54)cc3)cc2)cc1. The van der Waals surface area contributed by atoms with Crippen molar-refractivity contribution in [2.24, 2.45) is 0 Å². The fraction of sp³-hybridized carbons (Fsp3) is 0. The smallest absolute Gasteiger partial charge is 0.160 e. The van der Waals surface area contributed by atoms with Crippen LogP contribution < -0.4 is 4.90 Å². The number of furan rings is 1. The first-order valence-electron chi connectivity index (χ1n) is 20.2. The molecule has 12 rings (SSSR count). The molecule has 0 spiro atoms. The zero-order valence-electron chi connectivity index (χ0n) is 32.1. The molecule has 0 fully saturated rings. The second-order valence-corrected chi connectivity index (χ2v) is 15.3. The fourth-order valence-corrected chi connectivity index (χ4v) is 9.18. The lowest BCUT2D eigenvalue weighted by Gasteiger charge is -2.28. The highest BCUT2D eigenvalue weighted by molar-refractivity contribution is 6.23. The van der Waals surface area contributed by atoms with Gasteiger partial charge in [-0.3, -0.25) is 0 Å². The molecule has 3 heteroatoms. The first-order chi connectivity index (χ1) is 29.3. The van der Waals surface area contributed by atoms with Crippen LogP contribution in [0.1, 0.15) is 0 Å². The monoisotopic (exact) mass is 752 g/mol. The van der Waals surface area contributed by atoms with Gasteiger partial charge in [0.25, 0.3) is 0 Å². The van der Waals surface area contributed by atoms with Crippen molar-refractivity contribution in [3.8, 4) is 27.9 Å². The molecule has 0 bridgehead atoms. The van der Waals surface area contributed by atoms with Gasteiger partial charge in [0.1, 0.15) is 5.58 Å². The average molecular weight is 753 g/mol. The van der Waals surface area contributed by atoms with Crippen LogP contribution in [0.2, 0.25) is 0 Å². The van der Waals surface area contributed by atoms with Gasteiger partial charge in [-0.05, 0) is 99.1 Å². The van der Waals surface area contributed by atoms with Crippen LogP contribution in [0.25, 0.3) is 93.2 Å². The van der Waals surface area contributed by atoms with E-state index in [0.29, 0.717) is 0 Å². The molecule has 0 N–H and O–H groups in total. The Bertz CT molecular complexity index is 3530. The van der Waals surface area contributed by atoms with Gasteiger partial charge < -0.3 is 13.9 Å². The third-order valence-corrected chi connectivity index (χ3v) is 11.9. The molecule has 0 aliphatic heterocycles. The maximum absolute atomic E-state index is 6.88. The van der Waals surface area contributed by atoms with Crippen LogP contribution in [-0.2, 0) is 0 Å². The Hall–Kier alpha value is -7.88. The van der Waals surface area contributed by atoms with Gasteiger partial charge in [0.2, 0.25) is 0 Å². The maximum Gasteiger partial charge on any atom is 0.160 e. The van der Waals surface area contributed by atoms with Crippen LogP contribution in [-0.4, -0.2) is 4.57 Å². The first-order valence-corrected chi connectivity index (χ1v) is 20.2. The molecule has 0 unspecified atom stereocenters. The number of para-hydroxylation sites is 2. The van der Waals surface area contributed by atoms with Gasteiger partial charge in [0.15, 0.2) is 5.58 Å². The lowest BCUT2D eigenvalue weighted by Crippen LogP contribution is -2.11. The summed E-state index contributed by atoms with van der Waals surface area (Å²) in [6.45, 7) is 0. The van der Waals surface area contributed by atoms with E-state index in [1.165, 1.54) is 43.8 Å². The maximum atomic E-state index is 6.88. The van der Waals surface area contributed by atoms with Crippen molar-refractivity contribution in [2.75, 3.05) is 4.90 Å². The van der Waals surface area contributed by atoms with Crippen LogP contribution in [0, 0.1) is 0 Å². The van der Waals surface area contributed by atoms with E-state index in [1.54, 1.807) is 0 Å². The van der Waals surface area contributed by atoms with Gasteiger partial charge in [-0.1, -0.05) is 158 Å². The summed E-state index contributed by atoms with van der Waals surface area (Å²) < 4.78 is 9.31. The minimum Gasteiger partial charge on any atom is -0.454 e. The van der Waals surface area contributed by atoms with E-state index in [0.717, 1.165) is 66.5 Å². The summed E-state index contributed by atoms with van der Waals surface area (Å²) in [6, 6.07) is 78.7. The summed E-state index contributed by atoms with van der Waals surface area (Å²) in [5.74, 6) is 0. The van der Waals surface area contributed by atoms with Crippen molar-refractivity contribution in [1.29, 1.82) is 0 Å². The summed E-state index contributed by atoms with van der Waals surface area (Å²) in [5, 5.41) is 9.29. The number of aromatic nitrogens is 1. The number of anilines is 3. The topological polar surface area (TPSA) is 21.3 Å². The fourth-order valence-electron chi connectivity index (χ4n) is 9.18. The molecule has 0 atom stereocenters. The van der Waals surface area contributed by atoms with E-state index in [2.05, 4.69) is 222 Å². The zero-order chi connectivity index (χ0) is 38.9. The van der Waals surface area contributed by atoms with E-state index >= 15 is 0 Å². The summed E-state index contributed by atoms with van der Waals surface area (Å²) in [6.07, 6.45) is 0. The summed E-state index contributed by atoms with van der Waals surface area (Å²) in [4.78, 5) is 2.43. The third-order valence-electron chi connectivity index (χ3n) is 11.9. The second-order valence-electron chi connectivity index (χ2n) is 15.3. The number of fused-ring (bicyclic) bond motifs is 8. The van der Waals surface area contributed by atoms with Gasteiger partial charge >= 0.3 is 0 Å². The Morgan fingerprint density at radius 3 is 1.66 bits per heavy atom. The third kappa shape index (κ3) is 5.36. The molecule has 0 aliphatic carbocycles. The van der Waals surface area contributed by atoms with Crippen LogP contribution in [0.4, 0.5) is 17.1 Å². The minimum absolute atomic E-state index is 0.868. The first kappa shape index (κ1) is 33.3. The van der Waals surface area contributed by atoms with Crippen molar-refractivity contribution >= 4 is 82.4 Å². The van der Waals surface area contributed by atoms with Crippen molar-refractivity contribution in [2.45, 2.75) is 0 Å². The number of hydrogen-bond acceptors (Lipinski definition) is 2. The molecule has 0 saturated heterocycles. The van der Waals surface area contributed by atoms with Crippen molar-refractivity contribution in [3.05, 3.63) is 218 Å². The highest BCUT2D eigenvalue weighted by atomic mass is 16.3. The average Bonchev–Trinajstić information content (AvgIpc) is 3.84. The lowest BCUT2D eigenvalue weighted by atomic mass is 10.0. The normalized spacial score (nSPS) is 11.7. The molecule has 10 aromatic carbocycles. The predicted octanol–water partition coefficient (Wildman–Crippen LogP) is 15.8. The van der Waals surface area contributed by atoms with Gasteiger partial charge in [0.05, 0.1) is 22.4 Å². The molecule has 3 nitrogen and oxygen atoms in total. The van der Waals surface area contributed by atoms with E-state index in [-0.39, 0.29) is 0 Å². The van der Waals surface area contributed by atoms with Crippen LogP contribution in [0.5, 0.6) is 0 Å². The summed E-state index contributed by atoms with van der Waals surface area (Å²) >= 11 is 0. The molecular formula is C56H36N2O. The van der Waals surface area contributed by atoms with Crippen molar-refractivity contribution < 1.29 is 4.42 Å². The van der Waals surface area contributed by atoms with Crippen LogP contribution in [0.3, 0.4) is 0 Å². The highest BCUT2D eigenvalue weighted by Gasteiger charge is 2.26. The molecule has 276 valence electrons. The van der Waals surface area contributed by atoms with Gasteiger partial charge in [-0.2, -0.15) is 0 Å². The second kappa shape index (κ2) is 13.4. The largest absolute Gasteiger partial charge is 0.454 e. The Kier molecular flexibility index (Phi) is 7.54. The minimum atomic E-state index is 0.868. The van der Waals surface area contributed by atoms with E-state index < -0.39 is 0 Å². The molecule has 0 aliphatic rings. The standard InChI is InChI=1S/C56H36N2O/c1-3-14-37(15-4-1)38-26-28-39(29-27-38)40-30-32-45(33-31-40)57-50-23-13-24-51(54(50)49-34-41-16-7-8-17-42(41)36-52(49)57)58(44-19-5-2-6-20-44)55-46-21-10-9-18-43(46)35-48-47-22-11-12-25-53(47)59-56(48)55/h1-36H. The zero-order valence-corrected chi connectivity index (χ0v) is 32.1. The molecule has 59 heavy (non-hydrogen) atoms. The van der Waals surface area contributed by atoms with E-state index in [4.69, 9.17) is 4.42 Å². The van der Waals surface area contributed by atoms with Crippen molar-refractivity contribution in [3.63, 3.8) is 0 Å². The summed E-state index contributed by atoms with van der Waals surface area (Å²) in [5.41, 5.74) is 13.1. The van der Waals surface area contributed by atoms with E-state index in [9.17, 15) is 0 Å². The van der Waals surface area contributed by atoms with Crippen molar-refractivity contribution in [1.82, 2.24) is 4.57 Å². The van der Waals surface area contributed by atoms with Crippen LogP contribution >= 0.6 is 0 Å². The highest BCUT2D eigenvalue weighted by Crippen LogP contribution is 2.50. The molecular weight excluding hydrogens is 717 g/mol. The molecule has 0 radical (unpaired) electrons. The molecule has 0 amide bonds. The molecule has 12 aromatic rings. The lowest BCUT2D eigenvalue weighted by molar-refractivity contribution is 0.669. The van der Waals surface area contributed by atoms with Gasteiger partial charge in [0, 0.05) is 38.3 Å². The van der Waals surface area contributed by atoms with E-state index in [1.807, 2.05) is 6.07 Å². The Morgan fingerprint density at radius 1 is 0.373 bits per heavy atom. The van der Waals surface area contributed by atoms with Gasteiger partial charge in [-0.15, -0.1) is 0 Å². The summed E-state index contributed by atoms with van der Waals surface area (Å²) in [7, 11) is 0. The van der Waals surface area contributed by atoms with Crippen LogP contribution in [0.15, 0.2) is 223 Å². The number of hydrogen-bond donors (Lipinski definition) is 0. The Labute approximate surface area is 341 Å². The predicted molar refractivity (Wildman–Crippen MR) is 249 cm³/mol. The molecule has 2 heterocycles. The quantitative estimate of drug-likeness (QED) is 0.169. The molecule has 2 aromatic heterocycles. The Morgan fingerprint density at radius 2 is 0.932 bits per heavy atom. The number of rotatable bonds is 6. The number of benzene rings is 10.